The number of sulfone groups is 1. The van der Waals surface area contributed by atoms with Crippen LogP contribution in [-0.2, 0) is 15.6 Å². The van der Waals surface area contributed by atoms with Crippen LogP contribution in [0.25, 0.3) is 0 Å². The van der Waals surface area contributed by atoms with E-state index in [0.717, 1.165) is 0 Å². The number of hydrogen-bond acceptors (Lipinski definition) is 8. The van der Waals surface area contributed by atoms with Crippen LogP contribution in [0.1, 0.15) is 21.5 Å². The summed E-state index contributed by atoms with van der Waals surface area (Å²) in [6.45, 7) is 3.93. The van der Waals surface area contributed by atoms with E-state index in [0.29, 0.717) is 60.3 Å². The molecule has 0 unspecified atom stereocenters. The molecule has 1 amide bonds. The number of anilines is 1. The summed E-state index contributed by atoms with van der Waals surface area (Å²) < 4.78 is 37.2. The van der Waals surface area contributed by atoms with Crippen molar-refractivity contribution in [2.75, 3.05) is 45.3 Å². The highest BCUT2D eigenvalue weighted by atomic mass is 35.5. The third kappa shape index (κ3) is 5.39. The van der Waals surface area contributed by atoms with Gasteiger partial charge in [-0.05, 0) is 36.8 Å². The molecule has 1 aliphatic heterocycles. The topological polar surface area (TPSA) is 102 Å². The van der Waals surface area contributed by atoms with Gasteiger partial charge in [0.2, 0.25) is 5.95 Å². The minimum Gasteiger partial charge on any atom is -0.496 e. The highest BCUT2D eigenvalue weighted by Crippen LogP contribution is 2.34. The number of aromatic nitrogens is 2. The van der Waals surface area contributed by atoms with Crippen LogP contribution >= 0.6 is 11.6 Å². The highest BCUT2D eigenvalue weighted by molar-refractivity contribution is 7.90. The van der Waals surface area contributed by atoms with E-state index in [1.807, 2.05) is 4.90 Å². The van der Waals surface area contributed by atoms with Gasteiger partial charge in [-0.3, -0.25) is 4.79 Å². The standard InChI is InChI=1S/C25H27ClN4O5S/c1-17-5-6-19(36(32,33)16-18-13-21(26)23(35-3)15-22(18)34-2)14-20(17)24(31)29-9-11-30(12-10-29)25-27-7-4-8-28-25/h4-8,13-15H,9-12,16H2,1-3H3. The molecule has 0 radical (unpaired) electrons. The maximum atomic E-state index is 13.3. The Hall–Kier alpha value is -3.37. The first-order valence-corrected chi connectivity index (χ1v) is 13.3. The van der Waals surface area contributed by atoms with E-state index in [4.69, 9.17) is 21.1 Å². The molecular formula is C25H27ClN4O5S. The Kier molecular flexibility index (Phi) is 7.65. The number of hydrogen-bond donors (Lipinski definition) is 0. The molecular weight excluding hydrogens is 504 g/mol. The lowest BCUT2D eigenvalue weighted by molar-refractivity contribution is 0.0745. The van der Waals surface area contributed by atoms with Crippen LogP contribution in [0.4, 0.5) is 5.95 Å². The second kappa shape index (κ2) is 10.7. The molecule has 0 aliphatic carbocycles. The van der Waals surface area contributed by atoms with Crippen LogP contribution in [-0.4, -0.2) is 69.6 Å². The van der Waals surface area contributed by atoms with Gasteiger partial charge in [-0.2, -0.15) is 0 Å². The van der Waals surface area contributed by atoms with Gasteiger partial charge >= 0.3 is 0 Å². The van der Waals surface area contributed by atoms with E-state index in [1.165, 1.54) is 32.4 Å². The molecule has 0 spiro atoms. The lowest BCUT2D eigenvalue weighted by Gasteiger charge is -2.35. The Morgan fingerprint density at radius 2 is 1.67 bits per heavy atom. The fourth-order valence-corrected chi connectivity index (χ4v) is 5.72. The number of nitrogens with zero attached hydrogens (tertiary/aromatic N) is 4. The zero-order chi connectivity index (χ0) is 25.9. The molecule has 0 bridgehead atoms. The van der Waals surface area contributed by atoms with Gasteiger partial charge in [-0.1, -0.05) is 17.7 Å². The van der Waals surface area contributed by atoms with Crippen LogP contribution in [0.3, 0.4) is 0 Å². The second-order valence-corrected chi connectivity index (χ2v) is 10.8. The lowest BCUT2D eigenvalue weighted by Crippen LogP contribution is -2.49. The summed E-state index contributed by atoms with van der Waals surface area (Å²) in [5.74, 6) is 0.818. The largest absolute Gasteiger partial charge is 0.496 e. The predicted octanol–water partition coefficient (Wildman–Crippen LogP) is 3.39. The van der Waals surface area contributed by atoms with Crippen LogP contribution in [0.2, 0.25) is 5.02 Å². The van der Waals surface area contributed by atoms with Crippen molar-refractivity contribution in [3.05, 3.63) is 70.5 Å². The number of rotatable bonds is 7. The van der Waals surface area contributed by atoms with E-state index < -0.39 is 9.84 Å². The summed E-state index contributed by atoms with van der Waals surface area (Å²) in [6.07, 6.45) is 3.37. The summed E-state index contributed by atoms with van der Waals surface area (Å²) in [5, 5.41) is 0.281. The first kappa shape index (κ1) is 25.7. The number of carbonyl (C=O) groups is 1. The zero-order valence-electron chi connectivity index (χ0n) is 20.3. The molecule has 3 aromatic rings. The Balaban J connectivity index is 1.54. The fraction of sp³-hybridized carbons (Fsp3) is 0.320. The van der Waals surface area contributed by atoms with E-state index in [2.05, 4.69) is 9.97 Å². The highest BCUT2D eigenvalue weighted by Gasteiger charge is 2.26. The van der Waals surface area contributed by atoms with Gasteiger partial charge in [0.25, 0.3) is 5.91 Å². The molecule has 11 heteroatoms. The van der Waals surface area contributed by atoms with Gasteiger partial charge in [0, 0.05) is 55.8 Å². The number of piperazine rings is 1. The van der Waals surface area contributed by atoms with Crippen molar-refractivity contribution in [3.8, 4) is 11.5 Å². The molecule has 190 valence electrons. The van der Waals surface area contributed by atoms with Crippen molar-refractivity contribution in [2.45, 2.75) is 17.6 Å². The molecule has 0 N–H and O–H groups in total. The smallest absolute Gasteiger partial charge is 0.254 e. The molecule has 36 heavy (non-hydrogen) atoms. The molecule has 9 nitrogen and oxygen atoms in total. The summed E-state index contributed by atoms with van der Waals surface area (Å²) in [4.78, 5) is 25.7. The average molecular weight is 531 g/mol. The Labute approximate surface area is 215 Å². The third-order valence-corrected chi connectivity index (χ3v) is 8.06. The molecule has 0 saturated carbocycles. The van der Waals surface area contributed by atoms with Gasteiger partial charge in [-0.15, -0.1) is 0 Å². The van der Waals surface area contributed by atoms with Gasteiger partial charge in [0.1, 0.15) is 11.5 Å². The molecule has 2 aromatic carbocycles. The Bertz CT molecular complexity index is 1360. The number of amides is 1. The van der Waals surface area contributed by atoms with E-state index >= 15 is 0 Å². The van der Waals surface area contributed by atoms with Crippen LogP contribution in [0.15, 0.2) is 53.7 Å². The maximum Gasteiger partial charge on any atom is 0.254 e. The second-order valence-electron chi connectivity index (χ2n) is 8.36. The number of benzene rings is 2. The monoisotopic (exact) mass is 530 g/mol. The maximum absolute atomic E-state index is 13.3. The van der Waals surface area contributed by atoms with Crippen molar-refractivity contribution in [3.63, 3.8) is 0 Å². The zero-order valence-corrected chi connectivity index (χ0v) is 21.8. The van der Waals surface area contributed by atoms with Crippen LogP contribution in [0, 0.1) is 6.92 Å². The summed E-state index contributed by atoms with van der Waals surface area (Å²) in [6, 6.07) is 9.46. The van der Waals surface area contributed by atoms with Gasteiger partial charge in [0.15, 0.2) is 9.84 Å². The lowest BCUT2D eigenvalue weighted by atomic mass is 10.1. The van der Waals surface area contributed by atoms with Crippen molar-refractivity contribution >= 4 is 33.3 Å². The minimum atomic E-state index is -3.81. The Morgan fingerprint density at radius 3 is 2.31 bits per heavy atom. The van der Waals surface area contributed by atoms with Crippen LogP contribution in [0.5, 0.6) is 11.5 Å². The van der Waals surface area contributed by atoms with Crippen LogP contribution < -0.4 is 14.4 Å². The average Bonchev–Trinajstić information content (AvgIpc) is 2.89. The number of halogens is 1. The first-order chi connectivity index (χ1) is 17.2. The van der Waals surface area contributed by atoms with Gasteiger partial charge in [0.05, 0.1) is 29.9 Å². The predicted molar refractivity (Wildman–Crippen MR) is 137 cm³/mol. The Morgan fingerprint density at radius 1 is 1.00 bits per heavy atom. The van der Waals surface area contributed by atoms with Crippen molar-refractivity contribution in [1.82, 2.24) is 14.9 Å². The van der Waals surface area contributed by atoms with Gasteiger partial charge in [-0.25, -0.2) is 18.4 Å². The quantitative estimate of drug-likeness (QED) is 0.458. The minimum absolute atomic E-state index is 0.0572. The molecule has 1 saturated heterocycles. The third-order valence-electron chi connectivity index (χ3n) is 6.10. The number of carbonyl (C=O) groups excluding carboxylic acids is 1. The molecule has 1 aliphatic rings. The van der Waals surface area contributed by atoms with E-state index in [1.54, 1.807) is 42.4 Å². The summed E-state index contributed by atoms with van der Waals surface area (Å²) in [7, 11) is -0.887. The molecule has 1 aromatic heterocycles. The number of aryl methyl sites for hydroxylation is 1. The molecule has 0 atom stereocenters. The molecule has 4 rings (SSSR count). The summed E-state index contributed by atoms with van der Waals surface area (Å²) >= 11 is 6.22. The van der Waals surface area contributed by atoms with Crippen molar-refractivity contribution in [2.24, 2.45) is 0 Å². The normalized spacial score (nSPS) is 14.0. The first-order valence-electron chi connectivity index (χ1n) is 11.3. The van der Waals surface area contributed by atoms with E-state index in [-0.39, 0.29) is 21.6 Å². The molecule has 1 fully saturated rings. The van der Waals surface area contributed by atoms with Crippen molar-refractivity contribution in [1.29, 1.82) is 0 Å². The number of ether oxygens (including phenoxy) is 2. The molecule has 2 heterocycles. The fourth-order valence-electron chi connectivity index (χ4n) is 4.08. The SMILES string of the molecule is COc1cc(OC)c(CS(=O)(=O)c2ccc(C)c(C(=O)N3CCN(c4ncccn4)CC3)c2)cc1Cl. The van der Waals surface area contributed by atoms with Crippen molar-refractivity contribution < 1.29 is 22.7 Å². The number of methoxy groups -OCH3 is 2. The van der Waals surface area contributed by atoms with E-state index in [9.17, 15) is 13.2 Å². The summed E-state index contributed by atoms with van der Waals surface area (Å²) in [5.41, 5.74) is 1.47. The van der Waals surface area contributed by atoms with Gasteiger partial charge < -0.3 is 19.3 Å².